The molecular formula is C7H9IO. The van der Waals surface area contributed by atoms with Crippen LogP contribution in [0.25, 0.3) is 0 Å². The van der Waals surface area contributed by atoms with Crippen molar-refractivity contribution in [3.63, 3.8) is 0 Å². The molecule has 0 spiro atoms. The van der Waals surface area contributed by atoms with Gasteiger partial charge in [0.2, 0.25) is 0 Å². The van der Waals surface area contributed by atoms with Gasteiger partial charge in [0.05, 0.1) is 6.10 Å². The molecular weight excluding hydrogens is 227 g/mol. The van der Waals surface area contributed by atoms with Gasteiger partial charge >= 0.3 is 0 Å². The summed E-state index contributed by atoms with van der Waals surface area (Å²) in [5.74, 6) is 0. The first-order chi connectivity index (χ1) is 4.34. The average Bonchev–Trinajstić information content (AvgIpc) is 1.89. The van der Waals surface area contributed by atoms with E-state index in [1.165, 1.54) is 0 Å². The first-order valence-corrected chi connectivity index (χ1v) is 4.47. The van der Waals surface area contributed by atoms with Crippen LogP contribution >= 0.6 is 22.6 Å². The lowest BCUT2D eigenvalue weighted by Gasteiger charge is -2.12. The molecule has 0 radical (unpaired) electrons. The zero-order valence-electron chi connectivity index (χ0n) is 5.05. The van der Waals surface area contributed by atoms with E-state index >= 15 is 0 Å². The zero-order chi connectivity index (χ0) is 6.69. The smallest absolute Gasteiger partial charge is 0.0795 e. The maximum atomic E-state index is 9.24. The SMILES string of the molecule is OC1CC=CC=C1CI. The van der Waals surface area contributed by atoms with Crippen LogP contribution < -0.4 is 0 Å². The molecule has 0 aromatic heterocycles. The molecule has 0 heterocycles. The zero-order valence-corrected chi connectivity index (χ0v) is 7.21. The van der Waals surface area contributed by atoms with Gasteiger partial charge in [0.1, 0.15) is 0 Å². The van der Waals surface area contributed by atoms with E-state index in [2.05, 4.69) is 22.6 Å². The van der Waals surface area contributed by atoms with Crippen molar-refractivity contribution in [2.45, 2.75) is 12.5 Å². The van der Waals surface area contributed by atoms with E-state index in [1.807, 2.05) is 18.2 Å². The third kappa shape index (κ3) is 1.79. The van der Waals surface area contributed by atoms with E-state index in [1.54, 1.807) is 0 Å². The maximum Gasteiger partial charge on any atom is 0.0795 e. The number of aliphatic hydroxyl groups is 1. The molecule has 0 saturated heterocycles. The van der Waals surface area contributed by atoms with Crippen LogP contribution in [0, 0.1) is 0 Å². The van der Waals surface area contributed by atoms with E-state index in [0.717, 1.165) is 16.4 Å². The molecule has 1 aliphatic rings. The van der Waals surface area contributed by atoms with Gasteiger partial charge in [-0.25, -0.2) is 0 Å². The van der Waals surface area contributed by atoms with Gasteiger partial charge in [-0.1, -0.05) is 40.8 Å². The molecule has 1 rings (SSSR count). The number of hydrogen-bond donors (Lipinski definition) is 1. The van der Waals surface area contributed by atoms with Gasteiger partial charge in [0.15, 0.2) is 0 Å². The number of aliphatic hydroxyl groups excluding tert-OH is 1. The van der Waals surface area contributed by atoms with E-state index in [-0.39, 0.29) is 6.10 Å². The van der Waals surface area contributed by atoms with Gasteiger partial charge in [0.25, 0.3) is 0 Å². The van der Waals surface area contributed by atoms with E-state index in [4.69, 9.17) is 0 Å². The fourth-order valence-corrected chi connectivity index (χ4v) is 1.56. The normalized spacial score (nSPS) is 26.0. The molecule has 1 aliphatic carbocycles. The maximum absolute atomic E-state index is 9.24. The highest BCUT2D eigenvalue weighted by atomic mass is 127. The van der Waals surface area contributed by atoms with Crippen molar-refractivity contribution in [1.82, 2.24) is 0 Å². The van der Waals surface area contributed by atoms with Crippen LogP contribution in [0.1, 0.15) is 6.42 Å². The highest BCUT2D eigenvalue weighted by Crippen LogP contribution is 2.14. The Kier molecular flexibility index (Phi) is 2.72. The number of halogens is 1. The molecule has 1 unspecified atom stereocenters. The van der Waals surface area contributed by atoms with E-state index < -0.39 is 0 Å². The monoisotopic (exact) mass is 236 g/mol. The molecule has 0 fully saturated rings. The Labute approximate surface area is 68.6 Å². The Morgan fingerprint density at radius 2 is 2.56 bits per heavy atom. The minimum Gasteiger partial charge on any atom is -0.388 e. The Bertz CT molecular complexity index is 149. The highest BCUT2D eigenvalue weighted by Gasteiger charge is 2.08. The van der Waals surface area contributed by atoms with Crippen molar-refractivity contribution in [3.8, 4) is 0 Å². The summed E-state index contributed by atoms with van der Waals surface area (Å²) < 4.78 is 0.934. The fraction of sp³-hybridized carbons (Fsp3) is 0.429. The third-order valence-electron chi connectivity index (χ3n) is 1.39. The van der Waals surface area contributed by atoms with Crippen LogP contribution in [0.3, 0.4) is 0 Å². The Morgan fingerprint density at radius 3 is 3.00 bits per heavy atom. The quantitative estimate of drug-likeness (QED) is 0.542. The second-order valence-corrected chi connectivity index (χ2v) is 2.82. The summed E-state index contributed by atoms with van der Waals surface area (Å²) in [4.78, 5) is 0. The molecule has 0 amide bonds. The second kappa shape index (κ2) is 3.37. The van der Waals surface area contributed by atoms with Crippen molar-refractivity contribution in [1.29, 1.82) is 0 Å². The molecule has 1 atom stereocenters. The van der Waals surface area contributed by atoms with Gasteiger partial charge in [-0.05, 0) is 12.0 Å². The Morgan fingerprint density at radius 1 is 1.78 bits per heavy atom. The summed E-state index contributed by atoms with van der Waals surface area (Å²) in [7, 11) is 0. The van der Waals surface area contributed by atoms with Crippen LogP contribution in [0.15, 0.2) is 23.8 Å². The molecule has 1 N–H and O–H groups in total. The van der Waals surface area contributed by atoms with Gasteiger partial charge in [-0.15, -0.1) is 0 Å². The first-order valence-electron chi connectivity index (χ1n) is 2.94. The lowest BCUT2D eigenvalue weighted by molar-refractivity contribution is 0.214. The standard InChI is InChI=1S/C7H9IO/c8-5-6-3-1-2-4-7(6)9/h1-3,7,9H,4-5H2. The van der Waals surface area contributed by atoms with Crippen molar-refractivity contribution in [3.05, 3.63) is 23.8 Å². The predicted molar refractivity (Wildman–Crippen MR) is 46.7 cm³/mol. The number of rotatable bonds is 1. The van der Waals surface area contributed by atoms with Crippen molar-refractivity contribution in [2.24, 2.45) is 0 Å². The van der Waals surface area contributed by atoms with Crippen LogP contribution in [0.5, 0.6) is 0 Å². The van der Waals surface area contributed by atoms with Crippen LogP contribution in [-0.4, -0.2) is 15.6 Å². The van der Waals surface area contributed by atoms with Gasteiger partial charge in [0, 0.05) is 4.43 Å². The van der Waals surface area contributed by atoms with Crippen molar-refractivity contribution >= 4 is 22.6 Å². The minimum atomic E-state index is -0.216. The number of allylic oxidation sites excluding steroid dienone is 2. The summed E-state index contributed by atoms with van der Waals surface area (Å²) in [5, 5.41) is 9.24. The molecule has 0 bridgehead atoms. The van der Waals surface area contributed by atoms with Crippen molar-refractivity contribution in [2.75, 3.05) is 4.43 Å². The summed E-state index contributed by atoms with van der Waals surface area (Å²) >= 11 is 2.26. The molecule has 1 nitrogen and oxygen atoms in total. The molecule has 50 valence electrons. The molecule has 9 heavy (non-hydrogen) atoms. The molecule has 2 heteroatoms. The summed E-state index contributed by atoms with van der Waals surface area (Å²) in [6.45, 7) is 0. The number of hydrogen-bond acceptors (Lipinski definition) is 1. The average molecular weight is 236 g/mol. The summed E-state index contributed by atoms with van der Waals surface area (Å²) in [6, 6.07) is 0. The van der Waals surface area contributed by atoms with Gasteiger partial charge < -0.3 is 5.11 Å². The Hall–Kier alpha value is 0.170. The largest absolute Gasteiger partial charge is 0.388 e. The fourth-order valence-electron chi connectivity index (χ4n) is 0.795. The summed E-state index contributed by atoms with van der Waals surface area (Å²) in [5.41, 5.74) is 1.14. The lowest BCUT2D eigenvalue weighted by Crippen LogP contribution is -2.11. The molecule has 0 aliphatic heterocycles. The highest BCUT2D eigenvalue weighted by molar-refractivity contribution is 14.1. The number of alkyl halides is 1. The van der Waals surface area contributed by atoms with Crippen LogP contribution in [0.4, 0.5) is 0 Å². The van der Waals surface area contributed by atoms with Gasteiger partial charge in [-0.2, -0.15) is 0 Å². The van der Waals surface area contributed by atoms with E-state index in [0.29, 0.717) is 0 Å². The topological polar surface area (TPSA) is 20.2 Å². The Balaban J connectivity index is 2.63. The minimum absolute atomic E-state index is 0.216. The predicted octanol–water partition coefficient (Wildman–Crippen LogP) is 1.67. The summed E-state index contributed by atoms with van der Waals surface area (Å²) in [6.07, 6.45) is 6.54. The lowest BCUT2D eigenvalue weighted by atomic mass is 10.0. The molecule has 0 saturated carbocycles. The van der Waals surface area contributed by atoms with E-state index in [9.17, 15) is 5.11 Å². The molecule has 0 aromatic rings. The van der Waals surface area contributed by atoms with Crippen LogP contribution in [-0.2, 0) is 0 Å². The molecule has 0 aromatic carbocycles. The third-order valence-corrected chi connectivity index (χ3v) is 2.27. The van der Waals surface area contributed by atoms with Crippen molar-refractivity contribution < 1.29 is 5.11 Å². The van der Waals surface area contributed by atoms with Gasteiger partial charge in [-0.3, -0.25) is 0 Å². The second-order valence-electron chi connectivity index (χ2n) is 2.05. The van der Waals surface area contributed by atoms with Crippen LogP contribution in [0.2, 0.25) is 0 Å². The first kappa shape index (κ1) is 7.28.